The summed E-state index contributed by atoms with van der Waals surface area (Å²) in [5.74, 6) is 0.619. The molecule has 3 rings (SSSR count). The van der Waals surface area contributed by atoms with Crippen LogP contribution in [0, 0.1) is 6.92 Å². The summed E-state index contributed by atoms with van der Waals surface area (Å²) in [5, 5.41) is 0.938. The van der Waals surface area contributed by atoms with E-state index >= 15 is 0 Å². The summed E-state index contributed by atoms with van der Waals surface area (Å²) in [6.45, 7) is 8.00. The number of nitrogens with zero attached hydrogens (tertiary/aromatic N) is 4. The molecule has 0 amide bonds. The summed E-state index contributed by atoms with van der Waals surface area (Å²) >= 11 is 1.61. The van der Waals surface area contributed by atoms with Crippen molar-refractivity contribution in [2.45, 2.75) is 13.8 Å². The number of thiazole rings is 1. The van der Waals surface area contributed by atoms with Crippen molar-refractivity contribution >= 4 is 16.9 Å². The Morgan fingerprint density at radius 1 is 1.16 bits per heavy atom. The summed E-state index contributed by atoms with van der Waals surface area (Å²) in [7, 11) is 0. The van der Waals surface area contributed by atoms with Crippen molar-refractivity contribution in [3.63, 3.8) is 0 Å². The predicted molar refractivity (Wildman–Crippen MR) is 104 cm³/mol. The summed E-state index contributed by atoms with van der Waals surface area (Å²) in [4.78, 5) is 18.8. The second kappa shape index (κ2) is 7.77. The molecule has 0 aliphatic heterocycles. The Labute approximate surface area is 151 Å². The van der Waals surface area contributed by atoms with Crippen LogP contribution in [-0.4, -0.2) is 19.9 Å². The number of hydrogen-bond acceptors (Lipinski definition) is 5. The first-order valence-electron chi connectivity index (χ1n) is 7.89. The van der Waals surface area contributed by atoms with Gasteiger partial charge < -0.3 is 0 Å². The highest BCUT2D eigenvalue weighted by Gasteiger charge is 2.13. The van der Waals surface area contributed by atoms with Crippen LogP contribution in [0.15, 0.2) is 67.7 Å². The smallest absolute Gasteiger partial charge is 0.159 e. The highest BCUT2D eigenvalue weighted by Crippen LogP contribution is 2.34. The van der Waals surface area contributed by atoms with Gasteiger partial charge in [-0.1, -0.05) is 30.9 Å². The SMILES string of the molecule is C=C(/C=C\C=C/C)c1nccc(-c2sc(-c3cccnc3)nc2C)n1. The molecule has 0 spiro atoms. The van der Waals surface area contributed by atoms with Crippen LogP contribution < -0.4 is 0 Å². The van der Waals surface area contributed by atoms with Crippen LogP contribution in [-0.2, 0) is 0 Å². The highest BCUT2D eigenvalue weighted by atomic mass is 32.1. The van der Waals surface area contributed by atoms with E-state index in [0.717, 1.165) is 32.4 Å². The molecule has 3 aromatic heterocycles. The number of aryl methyl sites for hydroxylation is 1. The van der Waals surface area contributed by atoms with E-state index in [9.17, 15) is 0 Å². The highest BCUT2D eigenvalue weighted by molar-refractivity contribution is 7.18. The van der Waals surface area contributed by atoms with Gasteiger partial charge in [-0.15, -0.1) is 11.3 Å². The molecular weight excluding hydrogens is 328 g/mol. The molecule has 0 N–H and O–H groups in total. The Morgan fingerprint density at radius 2 is 2.04 bits per heavy atom. The maximum absolute atomic E-state index is 4.67. The molecule has 0 saturated heterocycles. The first-order valence-corrected chi connectivity index (χ1v) is 8.70. The average Bonchev–Trinajstić information content (AvgIpc) is 3.04. The standard InChI is InChI=1S/C20H18N4S/c1-4-5-6-8-14(2)19-22-12-10-17(24-19)18-15(3)23-20(25-18)16-9-7-11-21-13-16/h4-13H,2H2,1,3H3/b5-4-,8-6-. The van der Waals surface area contributed by atoms with Gasteiger partial charge >= 0.3 is 0 Å². The fraction of sp³-hybridized carbons (Fsp3) is 0.100. The van der Waals surface area contributed by atoms with Crippen molar-refractivity contribution in [3.05, 3.63) is 79.2 Å². The molecule has 3 aromatic rings. The maximum atomic E-state index is 4.67. The Hall–Kier alpha value is -2.92. The van der Waals surface area contributed by atoms with Crippen LogP contribution in [0.25, 0.3) is 26.7 Å². The zero-order valence-electron chi connectivity index (χ0n) is 14.2. The van der Waals surface area contributed by atoms with E-state index in [1.807, 2.05) is 62.5 Å². The van der Waals surface area contributed by atoms with Gasteiger partial charge in [0.25, 0.3) is 0 Å². The number of allylic oxidation sites excluding steroid dienone is 5. The molecule has 0 fully saturated rings. The van der Waals surface area contributed by atoms with Crippen LogP contribution >= 0.6 is 11.3 Å². The molecule has 0 atom stereocenters. The van der Waals surface area contributed by atoms with Gasteiger partial charge in [0.15, 0.2) is 5.82 Å². The third-order valence-corrected chi connectivity index (χ3v) is 4.71. The molecule has 0 radical (unpaired) electrons. The zero-order chi connectivity index (χ0) is 17.6. The van der Waals surface area contributed by atoms with Crippen molar-refractivity contribution < 1.29 is 0 Å². The van der Waals surface area contributed by atoms with Crippen molar-refractivity contribution in [1.82, 2.24) is 19.9 Å². The van der Waals surface area contributed by atoms with Gasteiger partial charge in [-0.25, -0.2) is 15.0 Å². The van der Waals surface area contributed by atoms with Crippen molar-refractivity contribution in [1.29, 1.82) is 0 Å². The Kier molecular flexibility index (Phi) is 5.26. The zero-order valence-corrected chi connectivity index (χ0v) is 15.0. The number of pyridine rings is 1. The largest absolute Gasteiger partial charge is 0.264 e. The molecule has 5 heteroatoms. The molecule has 4 nitrogen and oxygen atoms in total. The summed E-state index contributed by atoms with van der Waals surface area (Å²) in [6.07, 6.45) is 13.1. The van der Waals surface area contributed by atoms with Crippen molar-refractivity contribution in [2.24, 2.45) is 0 Å². The van der Waals surface area contributed by atoms with Gasteiger partial charge in [0.2, 0.25) is 0 Å². The third-order valence-electron chi connectivity index (χ3n) is 3.48. The molecule has 0 saturated carbocycles. The lowest BCUT2D eigenvalue weighted by molar-refractivity contribution is 1.12. The van der Waals surface area contributed by atoms with E-state index < -0.39 is 0 Å². The third kappa shape index (κ3) is 3.95. The van der Waals surface area contributed by atoms with E-state index in [0.29, 0.717) is 5.82 Å². The first kappa shape index (κ1) is 16.9. The molecule has 0 aliphatic rings. The van der Waals surface area contributed by atoms with Crippen molar-refractivity contribution in [2.75, 3.05) is 0 Å². The molecule has 0 bridgehead atoms. The van der Waals surface area contributed by atoms with E-state index in [1.165, 1.54) is 0 Å². The minimum Gasteiger partial charge on any atom is -0.264 e. The van der Waals surface area contributed by atoms with Crippen LogP contribution in [0.1, 0.15) is 18.4 Å². The van der Waals surface area contributed by atoms with E-state index in [-0.39, 0.29) is 0 Å². The lowest BCUT2D eigenvalue weighted by Crippen LogP contribution is -1.93. The topological polar surface area (TPSA) is 51.6 Å². The number of aromatic nitrogens is 4. The van der Waals surface area contributed by atoms with Gasteiger partial charge in [0, 0.05) is 29.7 Å². The molecule has 0 aromatic carbocycles. The quantitative estimate of drug-likeness (QED) is 0.602. The van der Waals surface area contributed by atoms with Gasteiger partial charge in [-0.3, -0.25) is 4.98 Å². The molecule has 124 valence electrons. The van der Waals surface area contributed by atoms with Gasteiger partial charge in [-0.05, 0) is 32.0 Å². The second-order valence-electron chi connectivity index (χ2n) is 5.35. The van der Waals surface area contributed by atoms with Crippen LogP contribution in [0.2, 0.25) is 0 Å². The van der Waals surface area contributed by atoms with Gasteiger partial charge in [0.05, 0.1) is 16.3 Å². The minimum absolute atomic E-state index is 0.619. The second-order valence-corrected chi connectivity index (χ2v) is 6.35. The Balaban J connectivity index is 1.94. The van der Waals surface area contributed by atoms with E-state index in [4.69, 9.17) is 0 Å². The fourth-order valence-corrected chi connectivity index (χ4v) is 3.27. The molecule has 3 heterocycles. The maximum Gasteiger partial charge on any atom is 0.159 e. The molecule has 0 unspecified atom stereocenters. The molecule has 25 heavy (non-hydrogen) atoms. The fourth-order valence-electron chi connectivity index (χ4n) is 2.24. The molecular formula is C20H18N4S. The van der Waals surface area contributed by atoms with Gasteiger partial charge in [-0.2, -0.15) is 0 Å². The van der Waals surface area contributed by atoms with Crippen LogP contribution in [0.3, 0.4) is 0 Å². The summed E-state index contributed by atoms with van der Waals surface area (Å²) in [6, 6.07) is 5.82. The summed E-state index contributed by atoms with van der Waals surface area (Å²) < 4.78 is 0. The molecule has 0 aliphatic carbocycles. The van der Waals surface area contributed by atoms with Crippen LogP contribution in [0.4, 0.5) is 0 Å². The monoisotopic (exact) mass is 346 g/mol. The normalized spacial score (nSPS) is 11.4. The minimum atomic E-state index is 0.619. The van der Waals surface area contributed by atoms with Gasteiger partial charge in [0.1, 0.15) is 5.01 Å². The average molecular weight is 346 g/mol. The van der Waals surface area contributed by atoms with E-state index in [1.54, 1.807) is 23.7 Å². The Bertz CT molecular complexity index is 939. The van der Waals surface area contributed by atoms with Crippen molar-refractivity contribution in [3.8, 4) is 21.1 Å². The Morgan fingerprint density at radius 3 is 2.80 bits per heavy atom. The van der Waals surface area contributed by atoms with Crippen LogP contribution in [0.5, 0.6) is 0 Å². The number of hydrogen-bond donors (Lipinski definition) is 0. The lowest BCUT2D eigenvalue weighted by Gasteiger charge is -2.02. The van der Waals surface area contributed by atoms with E-state index in [2.05, 4.69) is 26.5 Å². The predicted octanol–water partition coefficient (Wildman–Crippen LogP) is 5.12. The summed E-state index contributed by atoms with van der Waals surface area (Å²) in [5.41, 5.74) is 3.59. The first-order chi connectivity index (χ1) is 12.2. The number of rotatable bonds is 5. The lowest BCUT2D eigenvalue weighted by atomic mass is 10.2.